The third-order valence-corrected chi connectivity index (χ3v) is 5.23. The first kappa shape index (κ1) is 19.6. The van der Waals surface area contributed by atoms with Crippen molar-refractivity contribution in [1.29, 1.82) is 0 Å². The standard InChI is InChI=1S/C19H16BrF3N4O2/c20-12-5-3-11(4-6-12)14-8-16(19(21,22)23)27-17(25-14)9-15(26-27)18(28)24-10-13-2-1-7-29-13/h1-7,9,14,16,25H,8,10H2,(H,24,28). The van der Waals surface area contributed by atoms with Crippen LogP contribution in [0.2, 0.25) is 0 Å². The van der Waals surface area contributed by atoms with Gasteiger partial charge in [0.05, 0.1) is 18.8 Å². The number of carbonyl (C=O) groups excluding carboxylic acids is 1. The minimum atomic E-state index is -4.50. The maximum Gasteiger partial charge on any atom is 0.410 e. The molecular formula is C19H16BrF3N4O2. The lowest BCUT2D eigenvalue weighted by Crippen LogP contribution is -2.35. The average Bonchev–Trinajstić information content (AvgIpc) is 3.34. The van der Waals surface area contributed by atoms with Crippen LogP contribution in [0.4, 0.5) is 19.0 Å². The van der Waals surface area contributed by atoms with E-state index in [9.17, 15) is 18.0 Å². The zero-order valence-electron chi connectivity index (χ0n) is 14.9. The van der Waals surface area contributed by atoms with E-state index in [2.05, 4.69) is 31.7 Å². The molecule has 1 aliphatic rings. The molecule has 0 bridgehead atoms. The quantitative estimate of drug-likeness (QED) is 0.575. The van der Waals surface area contributed by atoms with E-state index in [1.165, 1.54) is 12.3 Å². The summed E-state index contributed by atoms with van der Waals surface area (Å²) in [4.78, 5) is 12.4. The summed E-state index contributed by atoms with van der Waals surface area (Å²) in [5.74, 6) is 0.102. The molecule has 2 unspecified atom stereocenters. The van der Waals surface area contributed by atoms with E-state index in [0.717, 1.165) is 14.7 Å². The highest BCUT2D eigenvalue weighted by Gasteiger charge is 2.46. The van der Waals surface area contributed by atoms with Gasteiger partial charge in [-0.3, -0.25) is 4.79 Å². The Balaban J connectivity index is 1.59. The van der Waals surface area contributed by atoms with Gasteiger partial charge >= 0.3 is 6.18 Å². The number of benzene rings is 1. The van der Waals surface area contributed by atoms with E-state index >= 15 is 0 Å². The van der Waals surface area contributed by atoms with Crippen LogP contribution in [0.25, 0.3) is 0 Å². The summed E-state index contributed by atoms with van der Waals surface area (Å²) in [6.45, 7) is 0.117. The normalized spacial score (nSPS) is 18.8. The van der Waals surface area contributed by atoms with Crippen LogP contribution in [0.1, 0.15) is 40.3 Å². The van der Waals surface area contributed by atoms with Crippen molar-refractivity contribution in [2.45, 2.75) is 31.2 Å². The van der Waals surface area contributed by atoms with Gasteiger partial charge in [-0.2, -0.15) is 18.3 Å². The molecule has 0 spiro atoms. The van der Waals surface area contributed by atoms with Gasteiger partial charge in [-0.05, 0) is 29.8 Å². The minimum absolute atomic E-state index is 0.0928. The van der Waals surface area contributed by atoms with Gasteiger partial charge in [0.1, 0.15) is 11.6 Å². The molecule has 3 aromatic rings. The number of nitrogens with one attached hydrogen (secondary N) is 2. The molecule has 4 rings (SSSR count). The van der Waals surface area contributed by atoms with Gasteiger partial charge in [0.2, 0.25) is 0 Å². The molecule has 1 amide bonds. The molecule has 6 nitrogen and oxygen atoms in total. The number of nitrogens with zero attached hydrogens (tertiary/aromatic N) is 2. The molecule has 0 fully saturated rings. The van der Waals surface area contributed by atoms with E-state index in [1.54, 1.807) is 36.4 Å². The third-order valence-electron chi connectivity index (χ3n) is 4.70. The lowest BCUT2D eigenvalue weighted by Gasteiger charge is -2.33. The van der Waals surface area contributed by atoms with Gasteiger partial charge in [-0.25, -0.2) is 4.68 Å². The van der Waals surface area contributed by atoms with Crippen LogP contribution in [0.15, 0.2) is 57.6 Å². The van der Waals surface area contributed by atoms with Crippen LogP contribution in [0.5, 0.6) is 0 Å². The summed E-state index contributed by atoms with van der Waals surface area (Å²) in [6, 6.07) is 9.38. The second-order valence-electron chi connectivity index (χ2n) is 6.66. The second kappa shape index (κ2) is 7.58. The van der Waals surface area contributed by atoms with Gasteiger partial charge in [-0.15, -0.1) is 0 Å². The smallest absolute Gasteiger partial charge is 0.410 e. The number of hydrogen-bond donors (Lipinski definition) is 2. The summed E-state index contributed by atoms with van der Waals surface area (Å²) in [6.07, 6.45) is -3.26. The Morgan fingerprint density at radius 1 is 1.31 bits per heavy atom. The zero-order chi connectivity index (χ0) is 20.6. The Bertz CT molecular complexity index is 1000. The van der Waals surface area contributed by atoms with Crippen LogP contribution in [-0.4, -0.2) is 21.9 Å². The molecule has 1 aliphatic heterocycles. The topological polar surface area (TPSA) is 72.1 Å². The Morgan fingerprint density at radius 2 is 2.07 bits per heavy atom. The number of aromatic nitrogens is 2. The second-order valence-corrected chi connectivity index (χ2v) is 7.58. The average molecular weight is 469 g/mol. The largest absolute Gasteiger partial charge is 0.467 e. The molecule has 0 saturated carbocycles. The monoisotopic (exact) mass is 468 g/mol. The molecule has 2 aromatic heterocycles. The maximum absolute atomic E-state index is 13.7. The van der Waals surface area contributed by atoms with Crippen molar-refractivity contribution in [2.75, 3.05) is 5.32 Å². The molecule has 10 heteroatoms. The summed E-state index contributed by atoms with van der Waals surface area (Å²) in [5.41, 5.74) is 0.628. The van der Waals surface area contributed by atoms with E-state index in [-0.39, 0.29) is 24.5 Å². The van der Waals surface area contributed by atoms with Crippen molar-refractivity contribution >= 4 is 27.7 Å². The highest BCUT2D eigenvalue weighted by atomic mass is 79.9. The maximum atomic E-state index is 13.7. The summed E-state index contributed by atoms with van der Waals surface area (Å²) >= 11 is 3.32. The Hall–Kier alpha value is -2.75. The van der Waals surface area contributed by atoms with Crippen molar-refractivity contribution in [1.82, 2.24) is 15.1 Å². The Labute approximate surface area is 172 Å². The van der Waals surface area contributed by atoms with Crippen LogP contribution in [0, 0.1) is 0 Å². The van der Waals surface area contributed by atoms with Gasteiger partial charge < -0.3 is 15.1 Å². The van der Waals surface area contributed by atoms with Crippen molar-refractivity contribution in [2.24, 2.45) is 0 Å². The molecule has 0 aliphatic carbocycles. The summed E-state index contributed by atoms with van der Waals surface area (Å²) in [7, 11) is 0. The fourth-order valence-electron chi connectivity index (χ4n) is 3.27. The molecule has 152 valence electrons. The number of anilines is 1. The summed E-state index contributed by atoms with van der Waals surface area (Å²) in [5, 5.41) is 9.58. The molecule has 1 aromatic carbocycles. The van der Waals surface area contributed by atoms with Crippen molar-refractivity contribution < 1.29 is 22.4 Å². The Kier molecular flexibility index (Phi) is 5.12. The van der Waals surface area contributed by atoms with Crippen LogP contribution < -0.4 is 10.6 Å². The fourth-order valence-corrected chi connectivity index (χ4v) is 3.53. The van der Waals surface area contributed by atoms with Gasteiger partial charge in [-0.1, -0.05) is 28.1 Å². The van der Waals surface area contributed by atoms with Crippen molar-refractivity contribution in [3.8, 4) is 0 Å². The molecule has 0 radical (unpaired) electrons. The van der Waals surface area contributed by atoms with E-state index in [4.69, 9.17) is 4.42 Å². The number of furan rings is 1. The molecule has 0 saturated heterocycles. The lowest BCUT2D eigenvalue weighted by atomic mass is 9.97. The molecule has 2 N–H and O–H groups in total. The van der Waals surface area contributed by atoms with Crippen LogP contribution in [-0.2, 0) is 6.54 Å². The summed E-state index contributed by atoms with van der Waals surface area (Å²) < 4.78 is 47.9. The highest BCUT2D eigenvalue weighted by molar-refractivity contribution is 9.10. The van der Waals surface area contributed by atoms with E-state index < -0.39 is 24.2 Å². The molecule has 29 heavy (non-hydrogen) atoms. The lowest BCUT2D eigenvalue weighted by molar-refractivity contribution is -0.173. The first-order chi connectivity index (χ1) is 13.8. The van der Waals surface area contributed by atoms with Crippen LogP contribution in [0.3, 0.4) is 0 Å². The van der Waals surface area contributed by atoms with Gasteiger partial charge in [0.15, 0.2) is 11.7 Å². The number of halogens is 4. The zero-order valence-corrected chi connectivity index (χ0v) is 16.5. The van der Waals surface area contributed by atoms with E-state index in [1.807, 2.05) is 0 Å². The molecule has 3 heterocycles. The van der Waals surface area contributed by atoms with Gasteiger partial charge in [0.25, 0.3) is 5.91 Å². The first-order valence-electron chi connectivity index (χ1n) is 8.80. The van der Waals surface area contributed by atoms with Gasteiger partial charge in [0, 0.05) is 17.0 Å². The van der Waals surface area contributed by atoms with Crippen LogP contribution >= 0.6 is 15.9 Å². The van der Waals surface area contributed by atoms with Crippen molar-refractivity contribution in [3.63, 3.8) is 0 Å². The number of alkyl halides is 3. The minimum Gasteiger partial charge on any atom is -0.467 e. The number of amides is 1. The SMILES string of the molecule is O=C(NCc1ccco1)c1cc2n(n1)C(C(F)(F)F)CC(c1ccc(Br)cc1)N2. The first-order valence-corrected chi connectivity index (χ1v) is 9.59. The molecule has 2 atom stereocenters. The van der Waals surface area contributed by atoms with Crippen molar-refractivity contribution in [3.05, 3.63) is 70.2 Å². The number of carbonyl (C=O) groups is 1. The fraction of sp³-hybridized carbons (Fsp3) is 0.263. The Morgan fingerprint density at radius 3 is 2.72 bits per heavy atom. The van der Waals surface area contributed by atoms with E-state index in [0.29, 0.717) is 5.76 Å². The molecular weight excluding hydrogens is 453 g/mol. The number of hydrogen-bond acceptors (Lipinski definition) is 4. The predicted molar refractivity (Wildman–Crippen MR) is 102 cm³/mol. The highest BCUT2D eigenvalue weighted by Crippen LogP contribution is 2.43. The third kappa shape index (κ3) is 4.16. The predicted octanol–water partition coefficient (Wildman–Crippen LogP) is 4.83. The number of fused-ring (bicyclic) bond motifs is 1. The number of rotatable bonds is 4.